The molecule has 10 heteroatoms. The number of hydrogen-bond donors (Lipinski definition) is 4. The van der Waals surface area contributed by atoms with Gasteiger partial charge in [0.05, 0.1) is 25.0 Å². The molecule has 4 atom stereocenters. The van der Waals surface area contributed by atoms with E-state index in [1.807, 2.05) is 0 Å². The number of primary amides is 1. The Bertz CT molecular complexity index is 1320. The minimum Gasteiger partial charge on any atom is -0.507 e. The number of ketones is 3. The number of ether oxygens (including phenoxy) is 1. The van der Waals surface area contributed by atoms with Gasteiger partial charge in [-0.1, -0.05) is 6.07 Å². The number of carbonyl (C=O) groups is 5. The van der Waals surface area contributed by atoms with Gasteiger partial charge in [-0.2, -0.15) is 0 Å². The normalized spacial score (nSPS) is 24.7. The number of hydrogen-bond acceptors (Lipinski definition) is 9. The molecule has 10 nitrogen and oxygen atoms in total. The number of carbonyl (C=O) groups excluding carboxylic acids is 5. The second-order valence-corrected chi connectivity index (χ2v) is 9.51. The fourth-order valence-electron chi connectivity index (χ4n) is 5.80. The number of Topliss-reactive ketones (excluding diaryl/α,β-unsaturated/α-hetero) is 3. The molecule has 2 aromatic carbocycles. The Morgan fingerprint density at radius 2 is 1.92 bits per heavy atom. The molecule has 0 spiro atoms. The van der Waals surface area contributed by atoms with Crippen LogP contribution in [0.3, 0.4) is 0 Å². The van der Waals surface area contributed by atoms with Gasteiger partial charge < -0.3 is 25.8 Å². The fourth-order valence-corrected chi connectivity index (χ4v) is 5.80. The number of nitrogens with two attached hydrogens (primary N) is 1. The summed E-state index contributed by atoms with van der Waals surface area (Å²) in [5.41, 5.74) is 4.18. The summed E-state index contributed by atoms with van der Waals surface area (Å²) in [6.45, 7) is -0.437. The first kappa shape index (κ1) is 26.2. The third-order valence-corrected chi connectivity index (χ3v) is 7.48. The van der Waals surface area contributed by atoms with E-state index in [9.17, 15) is 39.3 Å². The molecule has 5 N–H and O–H groups in total. The van der Waals surface area contributed by atoms with Crippen molar-refractivity contribution in [3.63, 3.8) is 0 Å². The molecule has 2 aliphatic rings. The summed E-state index contributed by atoms with van der Waals surface area (Å²) in [5, 5.41) is 31.5. The molecule has 0 bridgehead atoms. The lowest BCUT2D eigenvalue weighted by Gasteiger charge is -2.46. The Kier molecular flexibility index (Phi) is 6.98. The first-order valence-electron chi connectivity index (χ1n) is 11.8. The van der Waals surface area contributed by atoms with Crippen molar-refractivity contribution in [2.24, 2.45) is 23.5 Å². The third-order valence-electron chi connectivity index (χ3n) is 7.48. The van der Waals surface area contributed by atoms with E-state index in [0.29, 0.717) is 34.3 Å². The van der Waals surface area contributed by atoms with Crippen molar-refractivity contribution < 1.29 is 44.0 Å². The molecule has 37 heavy (non-hydrogen) atoms. The highest BCUT2D eigenvalue weighted by Crippen LogP contribution is 2.50. The van der Waals surface area contributed by atoms with Crippen LogP contribution in [-0.4, -0.2) is 64.2 Å². The van der Waals surface area contributed by atoms with Crippen LogP contribution in [0.25, 0.3) is 11.1 Å². The Labute approximate surface area is 212 Å². The van der Waals surface area contributed by atoms with Gasteiger partial charge in [0.15, 0.2) is 23.0 Å². The summed E-state index contributed by atoms with van der Waals surface area (Å²) in [7, 11) is 1.46. The zero-order valence-corrected chi connectivity index (χ0v) is 20.1. The van der Waals surface area contributed by atoms with Gasteiger partial charge in [0.25, 0.3) is 0 Å². The smallest absolute Gasteiger partial charge is 0.225 e. The van der Waals surface area contributed by atoms with Crippen LogP contribution in [0.4, 0.5) is 0 Å². The minimum atomic E-state index is -2.67. The molecule has 0 radical (unpaired) electrons. The van der Waals surface area contributed by atoms with Crippen molar-refractivity contribution >= 4 is 29.5 Å². The number of fused-ring (bicyclic) bond motifs is 2. The first-order valence-corrected chi connectivity index (χ1v) is 11.8. The van der Waals surface area contributed by atoms with E-state index >= 15 is 0 Å². The maximum Gasteiger partial charge on any atom is 0.225 e. The number of aldehydes is 1. The van der Waals surface area contributed by atoms with Gasteiger partial charge in [0.2, 0.25) is 5.91 Å². The van der Waals surface area contributed by atoms with Crippen LogP contribution >= 0.6 is 0 Å². The van der Waals surface area contributed by atoms with Crippen molar-refractivity contribution in [3.05, 3.63) is 47.0 Å². The van der Waals surface area contributed by atoms with Crippen molar-refractivity contribution in [1.29, 1.82) is 0 Å². The van der Waals surface area contributed by atoms with Crippen LogP contribution in [0, 0.1) is 17.8 Å². The number of methoxy groups -OCH3 is 1. The van der Waals surface area contributed by atoms with Crippen LogP contribution < -0.4 is 10.5 Å². The molecule has 0 aromatic heterocycles. The van der Waals surface area contributed by atoms with Crippen LogP contribution in [-0.2, 0) is 20.8 Å². The van der Waals surface area contributed by atoms with E-state index < -0.39 is 59.6 Å². The molecule has 0 aliphatic heterocycles. The number of phenolic OH excluding ortho intramolecular Hbond substituents is 1. The van der Waals surface area contributed by atoms with Crippen molar-refractivity contribution in [2.45, 2.75) is 31.3 Å². The molecule has 2 aliphatic carbocycles. The maximum absolute atomic E-state index is 13.7. The largest absolute Gasteiger partial charge is 0.507 e. The molecule has 4 rings (SSSR count). The molecule has 0 saturated heterocycles. The van der Waals surface area contributed by atoms with Gasteiger partial charge in [-0.3, -0.25) is 24.0 Å². The number of rotatable bonds is 8. The summed E-state index contributed by atoms with van der Waals surface area (Å²) in [5.74, 6) is -7.04. The minimum absolute atomic E-state index is 0.0315. The second-order valence-electron chi connectivity index (χ2n) is 9.51. The van der Waals surface area contributed by atoms with Gasteiger partial charge in [-0.15, -0.1) is 0 Å². The Morgan fingerprint density at radius 1 is 1.19 bits per heavy atom. The van der Waals surface area contributed by atoms with Gasteiger partial charge in [0.1, 0.15) is 17.8 Å². The quantitative estimate of drug-likeness (QED) is 0.298. The number of phenols is 1. The Hall–Kier alpha value is -3.89. The van der Waals surface area contributed by atoms with Crippen LogP contribution in [0.15, 0.2) is 30.3 Å². The SMILES string of the molecule is COc1ccc(C=O)cc1-c1ccc(O)c2c1C[C@H]1C[C@@H](CCO)[C@@](O)(C(=O)CC(N)=O)C(=O)C1C2=O. The summed E-state index contributed by atoms with van der Waals surface area (Å²) < 4.78 is 5.45. The predicted molar refractivity (Wildman–Crippen MR) is 129 cm³/mol. The molecule has 2 aromatic rings. The zero-order valence-electron chi connectivity index (χ0n) is 20.1. The molecule has 1 unspecified atom stereocenters. The van der Waals surface area contributed by atoms with E-state index in [1.54, 1.807) is 24.3 Å². The molecular formula is C27H27NO9. The Balaban J connectivity index is 1.87. The van der Waals surface area contributed by atoms with Crippen molar-refractivity contribution in [3.8, 4) is 22.6 Å². The number of aliphatic hydroxyl groups excluding tert-OH is 1. The first-order chi connectivity index (χ1) is 17.6. The Morgan fingerprint density at radius 3 is 2.54 bits per heavy atom. The highest BCUT2D eigenvalue weighted by atomic mass is 16.5. The highest BCUT2D eigenvalue weighted by molar-refractivity contribution is 6.24. The maximum atomic E-state index is 13.7. The summed E-state index contributed by atoms with van der Waals surface area (Å²) in [4.78, 5) is 62.9. The number of amides is 1. The molecule has 0 heterocycles. The standard InChI is InChI=1S/C27H27NO9/c1-37-20-5-2-13(12-30)8-17(20)16-3-4-19(31)24-18(16)10-14-9-15(6-7-29)27(36,21(32)11-22(28)33)26(35)23(14)25(24)34/h2-5,8,12,14-15,23,29,31,36H,6-7,9-11H2,1H3,(H2,28,33)/t14-,15-,23?,27-/m1/s1. The van der Waals surface area contributed by atoms with E-state index in [-0.39, 0.29) is 30.6 Å². The summed E-state index contributed by atoms with van der Waals surface area (Å²) in [6, 6.07) is 7.67. The summed E-state index contributed by atoms with van der Waals surface area (Å²) in [6.07, 6.45) is -0.171. The average Bonchev–Trinajstić information content (AvgIpc) is 2.86. The molecule has 194 valence electrons. The predicted octanol–water partition coefficient (Wildman–Crippen LogP) is 0.998. The zero-order chi connectivity index (χ0) is 27.1. The average molecular weight is 510 g/mol. The molecular weight excluding hydrogens is 482 g/mol. The van der Waals surface area contributed by atoms with Crippen molar-refractivity contribution in [2.75, 3.05) is 13.7 Å². The van der Waals surface area contributed by atoms with E-state index in [4.69, 9.17) is 10.5 Å². The van der Waals surface area contributed by atoms with Gasteiger partial charge >= 0.3 is 0 Å². The monoisotopic (exact) mass is 509 g/mol. The van der Waals surface area contributed by atoms with E-state index in [1.165, 1.54) is 13.2 Å². The van der Waals surface area contributed by atoms with E-state index in [0.717, 1.165) is 0 Å². The third kappa shape index (κ3) is 4.21. The van der Waals surface area contributed by atoms with Crippen molar-refractivity contribution in [1.82, 2.24) is 0 Å². The topological polar surface area (TPSA) is 181 Å². The van der Waals surface area contributed by atoms with Crippen LogP contribution in [0.1, 0.15) is 45.5 Å². The lowest BCUT2D eigenvalue weighted by atomic mass is 9.57. The number of aliphatic hydroxyl groups is 2. The molecule has 1 fully saturated rings. The van der Waals surface area contributed by atoms with E-state index in [2.05, 4.69) is 0 Å². The summed E-state index contributed by atoms with van der Waals surface area (Å²) >= 11 is 0. The lowest BCUT2D eigenvalue weighted by molar-refractivity contribution is -0.167. The molecule has 1 amide bonds. The second kappa shape index (κ2) is 9.87. The van der Waals surface area contributed by atoms with Gasteiger partial charge in [-0.25, -0.2) is 0 Å². The van der Waals surface area contributed by atoms with Gasteiger partial charge in [-0.05, 0) is 60.6 Å². The van der Waals surface area contributed by atoms with Crippen LogP contribution in [0.2, 0.25) is 0 Å². The highest BCUT2D eigenvalue weighted by Gasteiger charge is 2.60. The number of benzene rings is 2. The van der Waals surface area contributed by atoms with Gasteiger partial charge in [0, 0.05) is 23.7 Å². The fraction of sp³-hybridized carbons (Fsp3) is 0.370. The number of aromatic hydroxyl groups is 1. The lowest BCUT2D eigenvalue weighted by Crippen LogP contribution is -2.63. The van der Waals surface area contributed by atoms with Crippen LogP contribution in [0.5, 0.6) is 11.5 Å². The molecule has 1 saturated carbocycles.